The Kier molecular flexibility index (Phi) is 7.05. The lowest BCUT2D eigenvalue weighted by Gasteiger charge is -2.56. The van der Waals surface area contributed by atoms with Gasteiger partial charge in [0.1, 0.15) is 6.10 Å². The predicted octanol–water partition coefficient (Wildman–Crippen LogP) is 5.23. The molecule has 1 fully saturated rings. The van der Waals surface area contributed by atoms with Crippen molar-refractivity contribution in [1.82, 2.24) is 0 Å². The lowest BCUT2D eigenvalue weighted by Crippen LogP contribution is -2.58. The zero-order valence-electron chi connectivity index (χ0n) is 16.9. The standard InChI is InChI=1S/C18H36O3S2Si/c1-16(2,3)24(8,9)20-12-14(21-15(22)23-7)18(6)11-10-13(18)17(4,5)19/h13-14,19H,10-12H2,1-9H3/t13-,14+,18-/m0/s1. The van der Waals surface area contributed by atoms with Crippen molar-refractivity contribution in [3.63, 3.8) is 0 Å². The van der Waals surface area contributed by atoms with Crippen LogP contribution in [0.4, 0.5) is 0 Å². The summed E-state index contributed by atoms with van der Waals surface area (Å²) in [7, 11) is -1.86. The monoisotopic (exact) mass is 392 g/mol. The highest BCUT2D eigenvalue weighted by Gasteiger charge is 2.55. The Hall–Kier alpha value is 0.377. The van der Waals surface area contributed by atoms with Gasteiger partial charge in [-0.3, -0.25) is 0 Å². The van der Waals surface area contributed by atoms with E-state index < -0.39 is 13.9 Å². The molecule has 3 nitrogen and oxygen atoms in total. The maximum Gasteiger partial charge on any atom is 0.220 e. The molecule has 0 heterocycles. The van der Waals surface area contributed by atoms with E-state index >= 15 is 0 Å². The van der Waals surface area contributed by atoms with Gasteiger partial charge in [0, 0.05) is 5.41 Å². The van der Waals surface area contributed by atoms with E-state index in [0.29, 0.717) is 11.0 Å². The Morgan fingerprint density at radius 2 is 1.88 bits per heavy atom. The SMILES string of the molecule is CSC(=S)O[C@H](CO[Si](C)(C)C(C)(C)C)[C@@]1(C)CC[C@H]1C(C)(C)O. The van der Waals surface area contributed by atoms with Crippen LogP contribution in [0.25, 0.3) is 0 Å². The maximum atomic E-state index is 10.5. The molecule has 24 heavy (non-hydrogen) atoms. The number of hydrogen-bond acceptors (Lipinski definition) is 5. The number of aliphatic hydroxyl groups is 1. The molecule has 0 aromatic rings. The molecule has 0 bridgehead atoms. The largest absolute Gasteiger partial charge is 0.472 e. The number of hydrogen-bond donors (Lipinski definition) is 1. The normalized spacial score (nSPS) is 26.7. The zero-order chi connectivity index (χ0) is 19.0. The van der Waals surface area contributed by atoms with E-state index in [9.17, 15) is 5.11 Å². The van der Waals surface area contributed by atoms with Gasteiger partial charge in [-0.2, -0.15) is 0 Å². The minimum atomic E-state index is -1.86. The van der Waals surface area contributed by atoms with Gasteiger partial charge >= 0.3 is 0 Å². The molecule has 142 valence electrons. The summed E-state index contributed by atoms with van der Waals surface area (Å²) in [6.07, 6.45) is 3.87. The molecule has 6 heteroatoms. The summed E-state index contributed by atoms with van der Waals surface area (Å²) in [5.41, 5.74) is -0.826. The second kappa shape index (κ2) is 7.55. The first-order valence-corrected chi connectivity index (χ1v) is 13.3. The minimum absolute atomic E-state index is 0.111. The molecule has 1 aliphatic rings. The first-order chi connectivity index (χ1) is 10.6. The Morgan fingerprint density at radius 3 is 2.21 bits per heavy atom. The van der Waals surface area contributed by atoms with E-state index in [2.05, 4.69) is 40.8 Å². The number of thiocarbonyl (C=S) groups is 1. The van der Waals surface area contributed by atoms with Gasteiger partial charge in [0.25, 0.3) is 0 Å². The smallest absolute Gasteiger partial charge is 0.220 e. The molecule has 0 aromatic carbocycles. The van der Waals surface area contributed by atoms with Gasteiger partial charge in [-0.05, 0) is 69.2 Å². The van der Waals surface area contributed by atoms with Crippen LogP contribution >= 0.6 is 24.0 Å². The molecule has 0 spiro atoms. The van der Waals surface area contributed by atoms with Crippen LogP contribution in [0.1, 0.15) is 54.4 Å². The van der Waals surface area contributed by atoms with Crippen molar-refractivity contribution >= 4 is 36.7 Å². The Balaban J connectivity index is 2.96. The summed E-state index contributed by atoms with van der Waals surface area (Å²) < 4.78 is 13.1. The van der Waals surface area contributed by atoms with Crippen LogP contribution in [0.3, 0.4) is 0 Å². The van der Waals surface area contributed by atoms with Crippen molar-refractivity contribution in [3.05, 3.63) is 0 Å². The molecule has 1 N–H and O–H groups in total. The molecule has 1 rings (SSSR count). The van der Waals surface area contributed by atoms with Crippen LogP contribution in [0.5, 0.6) is 0 Å². The quantitative estimate of drug-likeness (QED) is 0.495. The summed E-state index contributed by atoms with van der Waals surface area (Å²) in [5, 5.41) is 10.7. The molecule has 0 amide bonds. The molecular formula is C18H36O3S2Si. The molecule has 0 aromatic heterocycles. The van der Waals surface area contributed by atoms with Crippen molar-refractivity contribution < 1.29 is 14.3 Å². The van der Waals surface area contributed by atoms with E-state index in [-0.39, 0.29) is 22.5 Å². The van der Waals surface area contributed by atoms with Crippen molar-refractivity contribution in [2.45, 2.75) is 84.2 Å². The third kappa shape index (κ3) is 4.97. The van der Waals surface area contributed by atoms with Gasteiger partial charge in [0.05, 0.1) is 12.2 Å². The molecule has 1 saturated carbocycles. The van der Waals surface area contributed by atoms with Gasteiger partial charge in [-0.25, -0.2) is 0 Å². The van der Waals surface area contributed by atoms with Crippen LogP contribution in [0, 0.1) is 11.3 Å². The zero-order valence-corrected chi connectivity index (χ0v) is 19.5. The van der Waals surface area contributed by atoms with Crippen molar-refractivity contribution in [2.24, 2.45) is 11.3 Å². The fourth-order valence-electron chi connectivity index (χ4n) is 3.31. The first-order valence-electron chi connectivity index (χ1n) is 8.76. The summed E-state index contributed by atoms with van der Waals surface area (Å²) in [6.45, 7) is 17.8. The summed E-state index contributed by atoms with van der Waals surface area (Å²) >= 11 is 6.77. The van der Waals surface area contributed by atoms with Crippen LogP contribution in [0.2, 0.25) is 18.1 Å². The average molecular weight is 393 g/mol. The fourth-order valence-corrected chi connectivity index (χ4v) is 4.64. The van der Waals surface area contributed by atoms with Gasteiger partial charge in [-0.15, -0.1) is 0 Å². The second-order valence-corrected chi connectivity index (χ2v) is 15.6. The summed E-state index contributed by atoms with van der Waals surface area (Å²) in [5.74, 6) is 0.197. The summed E-state index contributed by atoms with van der Waals surface area (Å²) in [4.78, 5) is 0. The van der Waals surface area contributed by atoms with Gasteiger partial charge in [-0.1, -0.05) is 39.5 Å². The van der Waals surface area contributed by atoms with Crippen molar-refractivity contribution in [3.8, 4) is 0 Å². The third-order valence-corrected chi connectivity index (χ3v) is 11.7. The molecule has 0 aliphatic heterocycles. The Morgan fingerprint density at radius 1 is 1.33 bits per heavy atom. The first kappa shape index (κ1) is 22.4. The van der Waals surface area contributed by atoms with Crippen molar-refractivity contribution in [1.29, 1.82) is 0 Å². The number of rotatable bonds is 6. The van der Waals surface area contributed by atoms with E-state index in [4.69, 9.17) is 21.4 Å². The highest BCUT2D eigenvalue weighted by atomic mass is 32.2. The Bertz CT molecular complexity index is 454. The minimum Gasteiger partial charge on any atom is -0.472 e. The third-order valence-electron chi connectivity index (χ3n) is 6.16. The fraction of sp³-hybridized carbons (Fsp3) is 0.944. The van der Waals surface area contributed by atoms with E-state index in [1.165, 1.54) is 11.8 Å². The highest BCUT2D eigenvalue weighted by Crippen LogP contribution is 2.55. The lowest BCUT2D eigenvalue weighted by atomic mass is 9.53. The number of thioether (sulfide) groups is 1. The highest BCUT2D eigenvalue weighted by molar-refractivity contribution is 8.22. The van der Waals surface area contributed by atoms with Crippen LogP contribution < -0.4 is 0 Å². The van der Waals surface area contributed by atoms with E-state index in [1.54, 1.807) is 0 Å². The van der Waals surface area contributed by atoms with E-state index in [0.717, 1.165) is 12.8 Å². The van der Waals surface area contributed by atoms with Gasteiger partial charge in [0.15, 0.2) is 8.32 Å². The maximum absolute atomic E-state index is 10.5. The molecule has 0 unspecified atom stereocenters. The molecule has 3 atom stereocenters. The number of ether oxygens (including phenoxy) is 1. The van der Waals surface area contributed by atoms with Gasteiger partial charge < -0.3 is 14.3 Å². The Labute approximate surface area is 159 Å². The van der Waals surface area contributed by atoms with Gasteiger partial charge in [0.2, 0.25) is 4.38 Å². The predicted molar refractivity (Wildman–Crippen MR) is 111 cm³/mol. The molecule has 0 radical (unpaired) electrons. The van der Waals surface area contributed by atoms with Crippen molar-refractivity contribution in [2.75, 3.05) is 12.9 Å². The lowest BCUT2D eigenvalue weighted by molar-refractivity contribution is -0.158. The van der Waals surface area contributed by atoms with Crippen LogP contribution in [-0.4, -0.2) is 42.4 Å². The second-order valence-electron chi connectivity index (χ2n) is 9.38. The van der Waals surface area contributed by atoms with E-state index in [1.807, 2.05) is 20.1 Å². The molecule has 1 aliphatic carbocycles. The average Bonchev–Trinajstić information content (AvgIpc) is 2.37. The molecular weight excluding hydrogens is 356 g/mol. The van der Waals surface area contributed by atoms with Crippen LogP contribution in [0.15, 0.2) is 0 Å². The summed E-state index contributed by atoms with van der Waals surface area (Å²) in [6, 6.07) is 0. The van der Waals surface area contributed by atoms with Crippen LogP contribution in [-0.2, 0) is 9.16 Å². The topological polar surface area (TPSA) is 38.7 Å². The molecule has 0 saturated heterocycles.